The van der Waals surface area contributed by atoms with Gasteiger partial charge in [0.25, 0.3) is 0 Å². The van der Waals surface area contributed by atoms with Crippen molar-refractivity contribution in [1.29, 1.82) is 0 Å². The number of hydrogen-bond donors (Lipinski definition) is 3. The van der Waals surface area contributed by atoms with Gasteiger partial charge in [0, 0.05) is 6.42 Å². The number of carbonyl (C=O) groups excluding carboxylic acids is 1. The molecule has 0 aromatic carbocycles. The summed E-state index contributed by atoms with van der Waals surface area (Å²) in [4.78, 5) is 23.2. The molecular weight excluding hydrogens is 924 g/mol. The van der Waals surface area contributed by atoms with Gasteiger partial charge in [-0.2, -0.15) is 0 Å². The van der Waals surface area contributed by atoms with E-state index in [-0.39, 0.29) is 19.1 Å². The first-order valence-electron chi connectivity index (χ1n) is 28.4. The van der Waals surface area contributed by atoms with Crippen LogP contribution in [0.15, 0.2) is 158 Å². The molecule has 0 bridgehead atoms. The Bertz CT molecular complexity index is 1740. The Morgan fingerprint density at radius 3 is 1.26 bits per heavy atom. The summed E-state index contributed by atoms with van der Waals surface area (Å²) in [5.41, 5.74) is 0. The molecule has 0 aromatic rings. The van der Waals surface area contributed by atoms with Gasteiger partial charge in [-0.25, -0.2) is 4.57 Å². The van der Waals surface area contributed by atoms with Crippen molar-refractivity contribution in [3.8, 4) is 0 Å². The van der Waals surface area contributed by atoms with E-state index in [9.17, 15) is 19.4 Å². The minimum absolute atomic E-state index is 0.0453. The molecule has 3 atom stereocenters. The van der Waals surface area contributed by atoms with Crippen molar-refractivity contribution in [2.75, 3.05) is 40.9 Å². The van der Waals surface area contributed by atoms with E-state index < -0.39 is 20.0 Å². The third-order valence-corrected chi connectivity index (χ3v) is 12.5. The number of amides is 1. The van der Waals surface area contributed by atoms with Crippen LogP contribution in [0.1, 0.15) is 187 Å². The molecule has 3 N–H and O–H groups in total. The zero-order valence-electron chi connectivity index (χ0n) is 46.8. The number of aliphatic hydroxyl groups excluding tert-OH is 1. The summed E-state index contributed by atoms with van der Waals surface area (Å²) in [6.07, 6.45) is 83.6. The second kappa shape index (κ2) is 53.0. The normalized spacial score (nSPS) is 15.1. The molecule has 73 heavy (non-hydrogen) atoms. The lowest BCUT2D eigenvalue weighted by Gasteiger charge is -2.25. The highest BCUT2D eigenvalue weighted by Crippen LogP contribution is 2.43. The van der Waals surface area contributed by atoms with Crippen LogP contribution in [0.5, 0.6) is 0 Å². The fourth-order valence-corrected chi connectivity index (χ4v) is 7.80. The molecule has 0 aliphatic rings. The average Bonchev–Trinajstić information content (AvgIpc) is 3.35. The fraction of sp³-hybridized carbons (Fsp3) is 0.578. The standard InChI is InChI=1S/C64H105N2O6P/c1-6-8-10-12-14-16-18-19-20-21-22-23-24-25-26-27-28-29-30-31-32-33-34-35-36-37-38-39-40-41-42-43-44-45-46-47-48-50-52-54-56-58-64(68)65-62(61-72-73(69,70)71-60-59-66(3,4)5)63(67)57-55-53-51-49-17-15-13-11-9-7-2/h8,10,14,16-17,19-20,22-23,25-26,28-29,31-32,34-35,37-38,40-41,43-44,49,55,57,62-63,67H,6-7,9,11-13,15,18,21,24,27,30,33,36,39,42,45-48,50-54,56,58-61H2,1-5H3,(H-,65,68,69,70)/p+1/b10-8-,16-14-,20-19-,23-22-,26-25-,29-28-,32-31-,35-34-,38-37-,41-40-,44-43-,49-17+,57-55+. The molecule has 1 amide bonds. The van der Waals surface area contributed by atoms with Gasteiger partial charge in [-0.15, -0.1) is 0 Å². The maximum Gasteiger partial charge on any atom is 0.472 e. The van der Waals surface area contributed by atoms with Crippen molar-refractivity contribution in [3.05, 3.63) is 158 Å². The predicted molar refractivity (Wildman–Crippen MR) is 317 cm³/mol. The number of hydrogen-bond acceptors (Lipinski definition) is 5. The van der Waals surface area contributed by atoms with E-state index in [0.717, 1.165) is 122 Å². The monoisotopic (exact) mass is 1030 g/mol. The van der Waals surface area contributed by atoms with Gasteiger partial charge in [-0.1, -0.05) is 223 Å². The van der Waals surface area contributed by atoms with Gasteiger partial charge in [0.1, 0.15) is 13.2 Å². The van der Waals surface area contributed by atoms with E-state index in [4.69, 9.17) is 9.05 Å². The van der Waals surface area contributed by atoms with Crippen LogP contribution in [0.2, 0.25) is 0 Å². The van der Waals surface area contributed by atoms with Gasteiger partial charge in [0.15, 0.2) is 0 Å². The molecule has 9 heteroatoms. The molecule has 0 rings (SSSR count). The number of allylic oxidation sites excluding steroid dienone is 25. The summed E-state index contributed by atoms with van der Waals surface area (Å²) < 4.78 is 23.5. The van der Waals surface area contributed by atoms with E-state index in [1.807, 2.05) is 27.2 Å². The highest BCUT2D eigenvalue weighted by molar-refractivity contribution is 7.47. The number of unbranched alkanes of at least 4 members (excludes halogenated alkanes) is 12. The Morgan fingerprint density at radius 2 is 0.836 bits per heavy atom. The molecule has 0 fully saturated rings. The van der Waals surface area contributed by atoms with Crippen LogP contribution in [0.4, 0.5) is 0 Å². The smallest absolute Gasteiger partial charge is 0.387 e. The minimum atomic E-state index is -4.36. The number of phosphoric acid groups is 1. The van der Waals surface area contributed by atoms with Crippen LogP contribution in [-0.2, 0) is 18.4 Å². The average molecular weight is 1030 g/mol. The lowest BCUT2D eigenvalue weighted by molar-refractivity contribution is -0.870. The van der Waals surface area contributed by atoms with Crippen LogP contribution < -0.4 is 5.32 Å². The second-order valence-corrected chi connectivity index (χ2v) is 21.0. The Labute approximate surface area is 448 Å². The highest BCUT2D eigenvalue weighted by atomic mass is 31.2. The summed E-state index contributed by atoms with van der Waals surface area (Å²) in [7, 11) is 1.52. The Hall–Kier alpha value is -3.88. The summed E-state index contributed by atoms with van der Waals surface area (Å²) in [5, 5.41) is 13.8. The topological polar surface area (TPSA) is 105 Å². The van der Waals surface area contributed by atoms with Gasteiger partial charge in [0.2, 0.25) is 5.91 Å². The second-order valence-electron chi connectivity index (χ2n) is 19.6. The van der Waals surface area contributed by atoms with E-state index >= 15 is 0 Å². The van der Waals surface area contributed by atoms with Crippen LogP contribution >= 0.6 is 7.82 Å². The zero-order valence-corrected chi connectivity index (χ0v) is 47.7. The van der Waals surface area contributed by atoms with Crippen molar-refractivity contribution in [2.24, 2.45) is 0 Å². The molecule has 0 aromatic heterocycles. The van der Waals surface area contributed by atoms with Crippen LogP contribution in [0, 0.1) is 0 Å². The Balaban J connectivity index is 4.11. The Kier molecular flexibility index (Phi) is 50.1. The van der Waals surface area contributed by atoms with Gasteiger partial charge in [-0.3, -0.25) is 13.8 Å². The molecule has 0 aliphatic heterocycles. The van der Waals surface area contributed by atoms with Gasteiger partial charge in [-0.05, 0) is 116 Å². The number of rotatable bonds is 49. The zero-order chi connectivity index (χ0) is 53.5. The summed E-state index contributed by atoms with van der Waals surface area (Å²) in [6, 6.07) is -0.879. The van der Waals surface area contributed by atoms with E-state index in [2.05, 4.69) is 165 Å². The summed E-state index contributed by atoms with van der Waals surface area (Å²) in [6.45, 7) is 4.60. The first-order valence-corrected chi connectivity index (χ1v) is 29.9. The van der Waals surface area contributed by atoms with Gasteiger partial charge >= 0.3 is 7.82 Å². The number of likely N-dealkylation sites (N-methyl/N-ethyl adjacent to an activating group) is 1. The Morgan fingerprint density at radius 1 is 0.479 bits per heavy atom. The number of aliphatic hydroxyl groups is 1. The third-order valence-electron chi connectivity index (χ3n) is 11.5. The summed E-state index contributed by atoms with van der Waals surface area (Å²) >= 11 is 0. The van der Waals surface area contributed by atoms with Gasteiger partial charge in [0.05, 0.1) is 39.9 Å². The third kappa shape index (κ3) is 55.7. The fourth-order valence-electron chi connectivity index (χ4n) is 7.06. The largest absolute Gasteiger partial charge is 0.472 e. The first-order chi connectivity index (χ1) is 35.5. The van der Waals surface area contributed by atoms with Crippen LogP contribution in [0.25, 0.3) is 0 Å². The molecule has 0 spiro atoms. The van der Waals surface area contributed by atoms with E-state index in [0.29, 0.717) is 17.4 Å². The lowest BCUT2D eigenvalue weighted by Crippen LogP contribution is -2.45. The maximum absolute atomic E-state index is 12.9. The van der Waals surface area contributed by atoms with Crippen molar-refractivity contribution >= 4 is 13.7 Å². The molecule has 3 unspecified atom stereocenters. The molecular formula is C64H106N2O6P+. The number of nitrogens with one attached hydrogen (secondary N) is 1. The molecule has 0 heterocycles. The van der Waals surface area contributed by atoms with Crippen LogP contribution in [-0.4, -0.2) is 73.4 Å². The molecule has 8 nitrogen and oxygen atoms in total. The highest BCUT2D eigenvalue weighted by Gasteiger charge is 2.27. The SMILES string of the molecule is CC/C=C\C/C=C\C/C=C\C/C=C\C/C=C\C/C=C\C/C=C\C/C=C\C/C=C\C/C=C\C/C=C\CCCCCCCCCC(=O)NC(COP(=O)(O)OCC[N+](C)(C)C)C(O)/C=C/CC/C=C/CCCCCC. The number of nitrogens with zero attached hydrogens (tertiary/aromatic N) is 1. The quantitative estimate of drug-likeness (QED) is 0.0243. The lowest BCUT2D eigenvalue weighted by atomic mass is 10.1. The first kappa shape index (κ1) is 69.1. The predicted octanol–water partition coefficient (Wildman–Crippen LogP) is 17.5. The molecule has 0 aliphatic carbocycles. The minimum Gasteiger partial charge on any atom is -0.387 e. The number of phosphoric ester groups is 1. The maximum atomic E-state index is 12.9. The summed E-state index contributed by atoms with van der Waals surface area (Å²) in [5.74, 6) is -0.208. The molecule has 0 saturated heterocycles. The van der Waals surface area contributed by atoms with Crippen molar-refractivity contribution in [3.63, 3.8) is 0 Å². The van der Waals surface area contributed by atoms with Crippen molar-refractivity contribution < 1.29 is 32.9 Å². The van der Waals surface area contributed by atoms with Crippen molar-refractivity contribution in [1.82, 2.24) is 5.32 Å². The number of carbonyl (C=O) groups is 1. The molecule has 0 saturated carbocycles. The van der Waals surface area contributed by atoms with E-state index in [1.165, 1.54) is 44.9 Å². The molecule has 0 radical (unpaired) electrons. The van der Waals surface area contributed by atoms with Crippen molar-refractivity contribution in [2.45, 2.75) is 199 Å². The number of quaternary nitrogens is 1. The van der Waals surface area contributed by atoms with E-state index in [1.54, 1.807) is 6.08 Å². The van der Waals surface area contributed by atoms with Crippen LogP contribution in [0.3, 0.4) is 0 Å². The molecule has 412 valence electrons. The van der Waals surface area contributed by atoms with Gasteiger partial charge < -0.3 is 19.8 Å².